The quantitative estimate of drug-likeness (QED) is 0.370. The molecule has 0 bridgehead atoms. The van der Waals surface area contributed by atoms with Crippen LogP contribution in [0.2, 0.25) is 5.02 Å². The average molecular weight is 453 g/mol. The number of carbonyl (C=O) groups is 3. The van der Waals surface area contributed by atoms with E-state index >= 15 is 0 Å². The molecule has 0 aliphatic heterocycles. The van der Waals surface area contributed by atoms with Crippen LogP contribution in [0, 0.1) is 11.3 Å². The second-order valence-electron chi connectivity index (χ2n) is 9.00. The normalized spacial score (nSPS) is 20.2. The molecule has 0 fully saturated rings. The summed E-state index contributed by atoms with van der Waals surface area (Å²) in [5, 5.41) is 0.438. The first-order valence-corrected chi connectivity index (χ1v) is 10.8. The van der Waals surface area contributed by atoms with E-state index in [0.29, 0.717) is 16.2 Å². The molecule has 5 nitrogen and oxygen atoms in total. The van der Waals surface area contributed by atoms with Crippen LogP contribution in [-0.4, -0.2) is 31.9 Å². The van der Waals surface area contributed by atoms with Gasteiger partial charge in [-0.25, -0.2) is 0 Å². The topological polar surface area (TPSA) is 69.7 Å². The highest BCUT2D eigenvalue weighted by Gasteiger charge is 2.59. The molecule has 0 saturated carbocycles. The maximum atomic E-state index is 13.8. The molecule has 6 heteroatoms. The third kappa shape index (κ3) is 3.18. The fraction of sp³-hybridized carbons (Fsp3) is 0.346. The van der Waals surface area contributed by atoms with E-state index in [1.165, 1.54) is 14.2 Å². The van der Waals surface area contributed by atoms with Crippen molar-refractivity contribution in [1.82, 2.24) is 0 Å². The zero-order valence-electron chi connectivity index (χ0n) is 18.5. The standard InChI is InChI=1S/C26H25ClO5/c1-25(2)19-11-6-5-10-17(19)21-18(22(28)15-8-7-9-16(27)12-15)13-26(14-20(21)25,23(29)31-3)24(30)32-4/h5-12,20H,13-14H2,1-4H3. The van der Waals surface area contributed by atoms with Crippen molar-refractivity contribution in [2.24, 2.45) is 11.3 Å². The van der Waals surface area contributed by atoms with Gasteiger partial charge < -0.3 is 9.47 Å². The van der Waals surface area contributed by atoms with Crippen LogP contribution in [0.15, 0.2) is 54.1 Å². The number of halogens is 1. The molecule has 1 atom stereocenters. The number of benzene rings is 2. The van der Waals surface area contributed by atoms with Gasteiger partial charge in [-0.1, -0.05) is 61.8 Å². The monoisotopic (exact) mass is 452 g/mol. The van der Waals surface area contributed by atoms with E-state index < -0.39 is 22.8 Å². The number of fused-ring (bicyclic) bond motifs is 3. The molecular weight excluding hydrogens is 428 g/mol. The molecule has 0 heterocycles. The minimum atomic E-state index is -1.60. The summed E-state index contributed by atoms with van der Waals surface area (Å²) in [6.45, 7) is 4.16. The fourth-order valence-electron chi connectivity index (χ4n) is 5.36. The number of ether oxygens (including phenoxy) is 2. The van der Waals surface area contributed by atoms with E-state index in [1.54, 1.807) is 24.3 Å². The van der Waals surface area contributed by atoms with Crippen LogP contribution in [-0.2, 0) is 24.5 Å². The molecule has 0 aromatic heterocycles. The van der Waals surface area contributed by atoms with Crippen molar-refractivity contribution in [2.45, 2.75) is 32.1 Å². The highest BCUT2D eigenvalue weighted by Crippen LogP contribution is 2.60. The van der Waals surface area contributed by atoms with Crippen molar-refractivity contribution in [2.75, 3.05) is 14.2 Å². The van der Waals surface area contributed by atoms with Gasteiger partial charge in [0, 0.05) is 22.6 Å². The SMILES string of the molecule is COC(=O)C1(C(=O)OC)CC(C(=O)c2cccc(Cl)c2)=C2c3ccccc3C(C)(C)C2C1. The van der Waals surface area contributed by atoms with Crippen LogP contribution in [0.25, 0.3) is 5.57 Å². The molecule has 166 valence electrons. The first-order chi connectivity index (χ1) is 15.2. The summed E-state index contributed by atoms with van der Waals surface area (Å²) in [4.78, 5) is 39.9. The van der Waals surface area contributed by atoms with Gasteiger partial charge in [-0.2, -0.15) is 0 Å². The predicted octanol–water partition coefficient (Wildman–Crippen LogP) is 5.01. The Morgan fingerprint density at radius 1 is 0.969 bits per heavy atom. The lowest BCUT2D eigenvalue weighted by atomic mass is 9.61. The Kier molecular flexibility index (Phi) is 5.49. The van der Waals surface area contributed by atoms with Gasteiger partial charge in [-0.15, -0.1) is 0 Å². The molecule has 4 rings (SSSR count). The van der Waals surface area contributed by atoms with Crippen molar-refractivity contribution in [3.63, 3.8) is 0 Å². The molecule has 32 heavy (non-hydrogen) atoms. The molecule has 2 aromatic rings. The Balaban J connectivity index is 2.01. The van der Waals surface area contributed by atoms with Crippen LogP contribution in [0.5, 0.6) is 0 Å². The van der Waals surface area contributed by atoms with Crippen LogP contribution < -0.4 is 0 Å². The zero-order chi connectivity index (χ0) is 23.3. The Hall–Kier alpha value is -2.92. The summed E-state index contributed by atoms with van der Waals surface area (Å²) in [6, 6.07) is 14.6. The third-order valence-electron chi connectivity index (χ3n) is 7.00. The first kappa shape index (κ1) is 22.3. The molecule has 0 saturated heterocycles. The lowest BCUT2D eigenvalue weighted by molar-refractivity contribution is -0.170. The average Bonchev–Trinajstić information content (AvgIpc) is 3.03. The van der Waals surface area contributed by atoms with Crippen molar-refractivity contribution >= 4 is 34.9 Å². The smallest absolute Gasteiger partial charge is 0.323 e. The molecule has 0 spiro atoms. The highest BCUT2D eigenvalue weighted by molar-refractivity contribution is 6.31. The summed E-state index contributed by atoms with van der Waals surface area (Å²) in [6.07, 6.45) is 0.115. The molecular formula is C26H25ClO5. The molecule has 0 N–H and O–H groups in total. The largest absolute Gasteiger partial charge is 0.468 e. The van der Waals surface area contributed by atoms with Crippen molar-refractivity contribution in [3.8, 4) is 0 Å². The summed E-state index contributed by atoms with van der Waals surface area (Å²) in [5.74, 6) is -1.88. The number of hydrogen-bond acceptors (Lipinski definition) is 5. The Morgan fingerprint density at radius 3 is 2.25 bits per heavy atom. The van der Waals surface area contributed by atoms with E-state index in [0.717, 1.165) is 16.7 Å². The van der Waals surface area contributed by atoms with Crippen molar-refractivity contribution < 1.29 is 23.9 Å². The van der Waals surface area contributed by atoms with Gasteiger partial charge in [0.05, 0.1) is 14.2 Å². The second kappa shape index (κ2) is 7.89. The molecule has 2 aromatic carbocycles. The van der Waals surface area contributed by atoms with Gasteiger partial charge in [0.2, 0.25) is 0 Å². The minimum absolute atomic E-state index is 0.0893. The predicted molar refractivity (Wildman–Crippen MR) is 121 cm³/mol. The number of ketones is 1. The number of methoxy groups -OCH3 is 2. The maximum Gasteiger partial charge on any atom is 0.323 e. The summed E-state index contributed by atoms with van der Waals surface area (Å²) < 4.78 is 10.1. The third-order valence-corrected chi connectivity index (χ3v) is 7.24. The van der Waals surface area contributed by atoms with Gasteiger partial charge in [0.15, 0.2) is 11.2 Å². The minimum Gasteiger partial charge on any atom is -0.468 e. The fourth-order valence-corrected chi connectivity index (χ4v) is 5.55. The Bertz CT molecular complexity index is 1140. The van der Waals surface area contributed by atoms with Crippen LogP contribution >= 0.6 is 11.6 Å². The number of Topliss-reactive ketones (excluding diaryl/α,β-unsaturated/α-hetero) is 1. The lowest BCUT2D eigenvalue weighted by Gasteiger charge is -2.41. The van der Waals surface area contributed by atoms with Crippen LogP contribution in [0.4, 0.5) is 0 Å². The molecule has 2 aliphatic rings. The maximum absolute atomic E-state index is 13.8. The lowest BCUT2D eigenvalue weighted by Crippen LogP contribution is -2.48. The highest BCUT2D eigenvalue weighted by atomic mass is 35.5. The molecule has 1 unspecified atom stereocenters. The summed E-state index contributed by atoms with van der Waals surface area (Å²) in [5.41, 5.74) is 1.79. The van der Waals surface area contributed by atoms with E-state index in [1.807, 2.05) is 24.3 Å². The first-order valence-electron chi connectivity index (χ1n) is 10.5. The Morgan fingerprint density at radius 2 is 1.62 bits per heavy atom. The van der Waals surface area contributed by atoms with E-state index in [4.69, 9.17) is 21.1 Å². The molecule has 0 radical (unpaired) electrons. The number of rotatable bonds is 4. The van der Waals surface area contributed by atoms with E-state index in [9.17, 15) is 14.4 Å². The van der Waals surface area contributed by atoms with Crippen LogP contribution in [0.3, 0.4) is 0 Å². The number of hydrogen-bond donors (Lipinski definition) is 0. The van der Waals surface area contributed by atoms with Crippen molar-refractivity contribution in [1.29, 1.82) is 0 Å². The second-order valence-corrected chi connectivity index (χ2v) is 9.43. The van der Waals surface area contributed by atoms with E-state index in [2.05, 4.69) is 13.8 Å². The van der Waals surface area contributed by atoms with Gasteiger partial charge in [0.25, 0.3) is 0 Å². The van der Waals surface area contributed by atoms with Gasteiger partial charge in [-0.05, 0) is 46.6 Å². The summed E-state index contributed by atoms with van der Waals surface area (Å²) in [7, 11) is 2.50. The summed E-state index contributed by atoms with van der Waals surface area (Å²) >= 11 is 6.15. The molecule has 2 aliphatic carbocycles. The van der Waals surface area contributed by atoms with Gasteiger partial charge in [-0.3, -0.25) is 14.4 Å². The number of allylic oxidation sites excluding steroid dienone is 2. The number of esters is 2. The van der Waals surface area contributed by atoms with Crippen LogP contribution in [0.1, 0.15) is 48.2 Å². The van der Waals surface area contributed by atoms with Gasteiger partial charge in [0.1, 0.15) is 0 Å². The van der Waals surface area contributed by atoms with E-state index in [-0.39, 0.29) is 24.5 Å². The Labute approximate surface area is 192 Å². The number of carbonyl (C=O) groups excluding carboxylic acids is 3. The van der Waals surface area contributed by atoms with Crippen molar-refractivity contribution in [3.05, 3.63) is 75.8 Å². The van der Waals surface area contributed by atoms with Gasteiger partial charge >= 0.3 is 11.9 Å². The zero-order valence-corrected chi connectivity index (χ0v) is 19.3. The molecule has 0 amide bonds.